The molecule has 2 N–H and O–H groups in total. The van der Waals surface area contributed by atoms with Gasteiger partial charge in [0.2, 0.25) is 15.9 Å². The van der Waals surface area contributed by atoms with Crippen LogP contribution in [0.3, 0.4) is 0 Å². The Balaban J connectivity index is 1.55. The van der Waals surface area contributed by atoms with Gasteiger partial charge in [0.1, 0.15) is 5.75 Å². The fourth-order valence-electron chi connectivity index (χ4n) is 4.32. The van der Waals surface area contributed by atoms with Crippen molar-refractivity contribution in [1.82, 2.24) is 4.31 Å². The van der Waals surface area contributed by atoms with Crippen LogP contribution < -0.4 is 15.4 Å². The lowest BCUT2D eigenvalue weighted by atomic mass is 9.98. The monoisotopic (exact) mass is 471 g/mol. The normalized spacial score (nSPS) is 21.0. The van der Waals surface area contributed by atoms with Crippen molar-refractivity contribution in [1.29, 1.82) is 0 Å². The summed E-state index contributed by atoms with van der Waals surface area (Å²) in [6, 6.07) is 10.7. The molecule has 176 valence electrons. The van der Waals surface area contributed by atoms with Crippen LogP contribution in [-0.2, 0) is 26.0 Å². The minimum absolute atomic E-state index is 0.118. The molecule has 8 nitrogen and oxygen atoms in total. The maximum atomic E-state index is 13.5. The first-order valence-corrected chi connectivity index (χ1v) is 12.7. The predicted octanol–water partition coefficient (Wildman–Crippen LogP) is 3.32. The Kier molecular flexibility index (Phi) is 6.45. The minimum Gasteiger partial charge on any atom is -0.479 e. The summed E-state index contributed by atoms with van der Waals surface area (Å²) in [5.74, 6) is -0.550. The molecule has 4 rings (SSSR count). The summed E-state index contributed by atoms with van der Waals surface area (Å²) < 4.78 is 34.0. The Hall–Kier alpha value is -2.91. The van der Waals surface area contributed by atoms with E-state index in [1.807, 2.05) is 31.2 Å². The second-order valence-electron chi connectivity index (χ2n) is 8.57. The molecule has 2 atom stereocenters. The molecule has 2 aromatic carbocycles. The maximum Gasteiger partial charge on any atom is 0.265 e. The zero-order valence-electron chi connectivity index (χ0n) is 19.1. The summed E-state index contributed by atoms with van der Waals surface area (Å²) in [5.41, 5.74) is 2.77. The quantitative estimate of drug-likeness (QED) is 0.696. The van der Waals surface area contributed by atoms with Crippen molar-refractivity contribution >= 4 is 33.2 Å². The summed E-state index contributed by atoms with van der Waals surface area (Å²) in [6.45, 7) is 5.79. The molecule has 9 heteroatoms. The predicted molar refractivity (Wildman–Crippen MR) is 126 cm³/mol. The van der Waals surface area contributed by atoms with Gasteiger partial charge >= 0.3 is 0 Å². The number of anilines is 2. The van der Waals surface area contributed by atoms with Crippen LogP contribution >= 0.6 is 0 Å². The molecular weight excluding hydrogens is 442 g/mol. The number of para-hydroxylation sites is 1. The number of nitrogens with zero attached hydrogens (tertiary/aromatic N) is 1. The number of aryl methyl sites for hydroxylation is 2. The molecule has 33 heavy (non-hydrogen) atoms. The number of nitrogens with one attached hydrogen (secondary N) is 2. The van der Waals surface area contributed by atoms with Crippen molar-refractivity contribution in [2.24, 2.45) is 5.92 Å². The van der Waals surface area contributed by atoms with Crippen LogP contribution in [0.4, 0.5) is 11.4 Å². The molecule has 2 aromatic rings. The number of carbonyl (C=O) groups excluding carboxylic acids is 2. The van der Waals surface area contributed by atoms with Crippen molar-refractivity contribution in [3.8, 4) is 5.75 Å². The first-order valence-electron chi connectivity index (χ1n) is 11.2. The Bertz CT molecular complexity index is 1190. The highest BCUT2D eigenvalue weighted by atomic mass is 32.2. The fourth-order valence-corrected chi connectivity index (χ4v) is 6.07. The number of hydrogen-bond donors (Lipinski definition) is 2. The van der Waals surface area contributed by atoms with Crippen molar-refractivity contribution in [3.63, 3.8) is 0 Å². The van der Waals surface area contributed by atoms with Gasteiger partial charge in [-0.3, -0.25) is 9.59 Å². The number of sulfonamides is 1. The second kappa shape index (κ2) is 9.15. The van der Waals surface area contributed by atoms with Gasteiger partial charge in [0.05, 0.1) is 16.5 Å². The number of amides is 2. The van der Waals surface area contributed by atoms with Crippen molar-refractivity contribution < 1.29 is 22.7 Å². The molecule has 0 radical (unpaired) electrons. The maximum absolute atomic E-state index is 13.5. The SMILES string of the molecule is CCc1ccccc1NC(=O)[C@H]1CCCN(S(=O)(=O)c2cc3c(cc2C)NC(=O)[C@H](C)O3)C1. The van der Waals surface area contributed by atoms with E-state index in [4.69, 9.17) is 4.74 Å². The molecule has 0 aromatic heterocycles. The first-order chi connectivity index (χ1) is 15.7. The highest BCUT2D eigenvalue weighted by molar-refractivity contribution is 7.89. The van der Waals surface area contributed by atoms with Crippen LogP contribution in [0, 0.1) is 12.8 Å². The first kappa shape index (κ1) is 23.3. The van der Waals surface area contributed by atoms with E-state index >= 15 is 0 Å². The van der Waals surface area contributed by atoms with Gasteiger partial charge in [0.25, 0.3) is 5.91 Å². The molecule has 2 aliphatic rings. The van der Waals surface area contributed by atoms with Crippen LogP contribution in [0.25, 0.3) is 0 Å². The number of hydrogen-bond acceptors (Lipinski definition) is 5. The van der Waals surface area contributed by atoms with E-state index in [0.717, 1.165) is 17.7 Å². The van der Waals surface area contributed by atoms with E-state index < -0.39 is 22.0 Å². The van der Waals surface area contributed by atoms with E-state index in [-0.39, 0.29) is 23.3 Å². The zero-order chi connectivity index (χ0) is 23.8. The van der Waals surface area contributed by atoms with Gasteiger partial charge in [-0.15, -0.1) is 0 Å². The molecule has 2 amide bonds. The molecule has 0 aliphatic carbocycles. The van der Waals surface area contributed by atoms with Crippen LogP contribution in [0.1, 0.15) is 37.8 Å². The zero-order valence-corrected chi connectivity index (χ0v) is 19.9. The van der Waals surface area contributed by atoms with Gasteiger partial charge in [0, 0.05) is 24.8 Å². The number of fused-ring (bicyclic) bond motifs is 1. The Morgan fingerprint density at radius 1 is 1.27 bits per heavy atom. The third-order valence-corrected chi connectivity index (χ3v) is 8.24. The molecule has 0 spiro atoms. The molecule has 1 fully saturated rings. The molecule has 2 heterocycles. The van der Waals surface area contributed by atoms with E-state index in [9.17, 15) is 18.0 Å². The molecule has 0 bridgehead atoms. The molecule has 0 saturated carbocycles. The molecule has 1 saturated heterocycles. The average molecular weight is 472 g/mol. The molecular formula is C24H29N3O5S. The largest absolute Gasteiger partial charge is 0.479 e. The van der Waals surface area contributed by atoms with Gasteiger partial charge in [0.15, 0.2) is 6.10 Å². The Labute approximate surface area is 194 Å². The molecule has 0 unspecified atom stereocenters. The van der Waals surface area contributed by atoms with Gasteiger partial charge in [-0.2, -0.15) is 4.31 Å². The second-order valence-corrected chi connectivity index (χ2v) is 10.5. The Morgan fingerprint density at radius 2 is 2.03 bits per heavy atom. The summed E-state index contributed by atoms with van der Waals surface area (Å²) in [5, 5.41) is 5.72. The van der Waals surface area contributed by atoms with Crippen molar-refractivity contribution in [3.05, 3.63) is 47.5 Å². The van der Waals surface area contributed by atoms with Gasteiger partial charge < -0.3 is 15.4 Å². The lowest BCUT2D eigenvalue weighted by Crippen LogP contribution is -2.44. The van der Waals surface area contributed by atoms with Gasteiger partial charge in [-0.25, -0.2) is 8.42 Å². The standard InChI is InChI=1S/C24H29N3O5S/c1-4-17-8-5-6-10-19(17)25-24(29)18-9-7-11-27(14-18)33(30,31)22-13-21-20(12-15(22)2)26-23(28)16(3)32-21/h5-6,8,10,12-13,16,18H,4,7,9,11,14H2,1-3H3,(H,25,29)(H,26,28)/t16-,18-/m0/s1. The van der Waals surface area contributed by atoms with E-state index in [0.29, 0.717) is 36.4 Å². The van der Waals surface area contributed by atoms with Crippen molar-refractivity contribution in [2.75, 3.05) is 23.7 Å². The lowest BCUT2D eigenvalue weighted by Gasteiger charge is -2.32. The lowest BCUT2D eigenvalue weighted by molar-refractivity contribution is -0.123. The van der Waals surface area contributed by atoms with Crippen LogP contribution in [0.15, 0.2) is 41.3 Å². The summed E-state index contributed by atoms with van der Waals surface area (Å²) in [6.07, 6.45) is 1.31. The van der Waals surface area contributed by atoms with Crippen LogP contribution in [-0.4, -0.2) is 43.7 Å². The average Bonchev–Trinajstić information content (AvgIpc) is 2.80. The third-order valence-electron chi connectivity index (χ3n) is 6.24. The number of rotatable bonds is 5. The Morgan fingerprint density at radius 3 is 2.79 bits per heavy atom. The number of carbonyl (C=O) groups is 2. The van der Waals surface area contributed by atoms with Crippen molar-refractivity contribution in [2.45, 2.75) is 51.0 Å². The summed E-state index contributed by atoms with van der Waals surface area (Å²) >= 11 is 0. The summed E-state index contributed by atoms with van der Waals surface area (Å²) in [4.78, 5) is 25.0. The van der Waals surface area contributed by atoms with E-state index in [1.165, 1.54) is 10.4 Å². The highest BCUT2D eigenvalue weighted by Crippen LogP contribution is 2.36. The van der Waals surface area contributed by atoms with Crippen LogP contribution in [0.2, 0.25) is 0 Å². The number of ether oxygens (including phenoxy) is 1. The topological polar surface area (TPSA) is 105 Å². The number of piperidine rings is 1. The van der Waals surface area contributed by atoms with Crippen LogP contribution in [0.5, 0.6) is 5.75 Å². The third kappa shape index (κ3) is 4.60. The van der Waals surface area contributed by atoms with E-state index in [2.05, 4.69) is 10.6 Å². The highest BCUT2D eigenvalue weighted by Gasteiger charge is 2.35. The fraction of sp³-hybridized carbons (Fsp3) is 0.417. The number of benzene rings is 2. The smallest absolute Gasteiger partial charge is 0.265 e. The minimum atomic E-state index is -3.85. The van der Waals surface area contributed by atoms with Gasteiger partial charge in [-0.05, 0) is 56.4 Å². The van der Waals surface area contributed by atoms with E-state index in [1.54, 1.807) is 19.9 Å². The molecule has 2 aliphatic heterocycles. The van der Waals surface area contributed by atoms with Gasteiger partial charge in [-0.1, -0.05) is 25.1 Å². The summed E-state index contributed by atoms with van der Waals surface area (Å²) in [7, 11) is -3.85.